The standard InChI is InChI=1S/C12H12BrFO2/c1-6(2)11(15)10-4-7-3-8(13)5-9(14)12(7)16-10/h3-6,11,15H,1-2H3. The molecule has 16 heavy (non-hydrogen) atoms. The molecule has 0 bridgehead atoms. The molecule has 2 rings (SSSR count). The highest BCUT2D eigenvalue weighted by atomic mass is 79.9. The van der Waals surface area contributed by atoms with Crippen molar-refractivity contribution < 1.29 is 13.9 Å². The van der Waals surface area contributed by atoms with Crippen LogP contribution in [0.3, 0.4) is 0 Å². The Kier molecular flexibility index (Phi) is 3.04. The molecule has 0 aliphatic heterocycles. The first-order valence-electron chi connectivity index (χ1n) is 5.05. The summed E-state index contributed by atoms with van der Waals surface area (Å²) in [5, 5.41) is 10.5. The molecule has 0 saturated heterocycles. The van der Waals surface area contributed by atoms with Crippen molar-refractivity contribution in [3.05, 3.63) is 34.2 Å². The van der Waals surface area contributed by atoms with Gasteiger partial charge in [0.15, 0.2) is 11.4 Å². The Hall–Kier alpha value is -0.870. The summed E-state index contributed by atoms with van der Waals surface area (Å²) in [4.78, 5) is 0. The molecule has 0 amide bonds. The summed E-state index contributed by atoms with van der Waals surface area (Å²) in [6.07, 6.45) is -0.703. The maximum atomic E-state index is 13.5. The third-order valence-corrected chi connectivity index (χ3v) is 2.94. The Morgan fingerprint density at radius 2 is 2.00 bits per heavy atom. The van der Waals surface area contributed by atoms with Gasteiger partial charge in [-0.05, 0) is 24.1 Å². The SMILES string of the molecule is CC(C)C(O)c1cc2cc(Br)cc(F)c2o1. The summed E-state index contributed by atoms with van der Waals surface area (Å²) in [5.74, 6) is 0.0145. The molecule has 86 valence electrons. The van der Waals surface area contributed by atoms with Crippen molar-refractivity contribution in [2.45, 2.75) is 20.0 Å². The molecule has 0 aliphatic rings. The van der Waals surface area contributed by atoms with E-state index in [1.165, 1.54) is 6.07 Å². The van der Waals surface area contributed by atoms with E-state index in [9.17, 15) is 9.50 Å². The minimum Gasteiger partial charge on any atom is -0.455 e. The van der Waals surface area contributed by atoms with Crippen LogP contribution in [0.5, 0.6) is 0 Å². The van der Waals surface area contributed by atoms with Gasteiger partial charge in [0.05, 0.1) is 0 Å². The van der Waals surface area contributed by atoms with Crippen molar-refractivity contribution in [3.63, 3.8) is 0 Å². The normalized spacial score (nSPS) is 13.6. The summed E-state index contributed by atoms with van der Waals surface area (Å²) < 4.78 is 19.5. The Morgan fingerprint density at radius 1 is 1.31 bits per heavy atom. The molecule has 0 aliphatic carbocycles. The fourth-order valence-corrected chi connectivity index (χ4v) is 2.02. The van der Waals surface area contributed by atoms with Gasteiger partial charge in [-0.1, -0.05) is 29.8 Å². The highest BCUT2D eigenvalue weighted by Crippen LogP contribution is 2.31. The van der Waals surface area contributed by atoms with Crippen molar-refractivity contribution in [3.8, 4) is 0 Å². The monoisotopic (exact) mass is 286 g/mol. The number of hydrogen-bond donors (Lipinski definition) is 1. The zero-order valence-corrected chi connectivity index (χ0v) is 10.6. The summed E-state index contributed by atoms with van der Waals surface area (Å²) in [5.41, 5.74) is 0.193. The third-order valence-electron chi connectivity index (χ3n) is 2.48. The number of fused-ring (bicyclic) bond motifs is 1. The van der Waals surface area contributed by atoms with Crippen molar-refractivity contribution in [1.82, 2.24) is 0 Å². The van der Waals surface area contributed by atoms with E-state index in [-0.39, 0.29) is 11.5 Å². The molecule has 2 nitrogen and oxygen atoms in total. The molecule has 4 heteroatoms. The van der Waals surface area contributed by atoms with Gasteiger partial charge in [-0.25, -0.2) is 4.39 Å². The fraction of sp³-hybridized carbons (Fsp3) is 0.333. The maximum Gasteiger partial charge on any atom is 0.170 e. The molecule has 0 spiro atoms. The van der Waals surface area contributed by atoms with Gasteiger partial charge in [-0.15, -0.1) is 0 Å². The number of benzene rings is 1. The number of furan rings is 1. The van der Waals surface area contributed by atoms with E-state index >= 15 is 0 Å². The molecular formula is C12H12BrFO2. The smallest absolute Gasteiger partial charge is 0.170 e. The van der Waals surface area contributed by atoms with Crippen molar-refractivity contribution in [2.75, 3.05) is 0 Å². The van der Waals surface area contributed by atoms with Gasteiger partial charge in [0.1, 0.15) is 11.9 Å². The lowest BCUT2D eigenvalue weighted by Crippen LogP contribution is -2.03. The van der Waals surface area contributed by atoms with Gasteiger partial charge < -0.3 is 9.52 Å². The van der Waals surface area contributed by atoms with E-state index in [4.69, 9.17) is 4.42 Å². The van der Waals surface area contributed by atoms with E-state index in [0.29, 0.717) is 15.6 Å². The zero-order chi connectivity index (χ0) is 11.9. The highest BCUT2D eigenvalue weighted by Gasteiger charge is 2.18. The lowest BCUT2D eigenvalue weighted by atomic mass is 10.1. The van der Waals surface area contributed by atoms with Crippen LogP contribution in [0.1, 0.15) is 25.7 Å². The Bertz CT molecular complexity index is 519. The van der Waals surface area contributed by atoms with Crippen LogP contribution in [0.25, 0.3) is 11.0 Å². The predicted octanol–water partition coefficient (Wildman–Crippen LogP) is 4.02. The molecule has 1 heterocycles. The van der Waals surface area contributed by atoms with Crippen LogP contribution in [-0.2, 0) is 0 Å². The van der Waals surface area contributed by atoms with Gasteiger partial charge in [0.2, 0.25) is 0 Å². The average molecular weight is 287 g/mol. The average Bonchev–Trinajstić information content (AvgIpc) is 2.60. The molecule has 1 aromatic heterocycles. The number of aliphatic hydroxyl groups is 1. The number of halogens is 2. The first kappa shape index (κ1) is 11.6. The second-order valence-corrected chi connectivity index (χ2v) is 5.06. The van der Waals surface area contributed by atoms with Gasteiger partial charge in [-0.3, -0.25) is 0 Å². The molecule has 2 aromatic rings. The fourth-order valence-electron chi connectivity index (χ4n) is 1.57. The summed E-state index contributed by atoms with van der Waals surface area (Å²) >= 11 is 3.21. The first-order chi connectivity index (χ1) is 7.49. The minimum absolute atomic E-state index is 0.0343. The number of hydrogen-bond acceptors (Lipinski definition) is 2. The Labute approximate surface area is 101 Å². The van der Waals surface area contributed by atoms with Crippen molar-refractivity contribution in [1.29, 1.82) is 0 Å². The molecule has 1 unspecified atom stereocenters. The van der Waals surface area contributed by atoms with Crippen LogP contribution in [0.4, 0.5) is 4.39 Å². The Balaban J connectivity index is 2.56. The highest BCUT2D eigenvalue weighted by molar-refractivity contribution is 9.10. The van der Waals surface area contributed by atoms with E-state index in [0.717, 1.165) is 0 Å². The van der Waals surface area contributed by atoms with Crippen LogP contribution in [0.2, 0.25) is 0 Å². The molecule has 0 saturated carbocycles. The Morgan fingerprint density at radius 3 is 2.62 bits per heavy atom. The molecule has 1 atom stereocenters. The quantitative estimate of drug-likeness (QED) is 0.904. The number of aliphatic hydroxyl groups excluding tert-OH is 1. The second kappa shape index (κ2) is 4.18. The molecule has 1 N–H and O–H groups in total. The van der Waals surface area contributed by atoms with Crippen LogP contribution in [0, 0.1) is 11.7 Å². The van der Waals surface area contributed by atoms with Crippen molar-refractivity contribution in [2.24, 2.45) is 5.92 Å². The summed E-state index contributed by atoms with van der Waals surface area (Å²) in [6, 6.07) is 4.78. The van der Waals surface area contributed by atoms with E-state index < -0.39 is 11.9 Å². The van der Waals surface area contributed by atoms with Gasteiger partial charge in [0, 0.05) is 9.86 Å². The van der Waals surface area contributed by atoms with E-state index in [1.807, 2.05) is 13.8 Å². The van der Waals surface area contributed by atoms with E-state index in [2.05, 4.69) is 15.9 Å². The second-order valence-electron chi connectivity index (χ2n) is 4.14. The van der Waals surface area contributed by atoms with Gasteiger partial charge >= 0.3 is 0 Å². The molecule has 1 aromatic carbocycles. The molecule has 0 fully saturated rings. The summed E-state index contributed by atoms with van der Waals surface area (Å²) in [6.45, 7) is 3.76. The lowest BCUT2D eigenvalue weighted by molar-refractivity contribution is 0.104. The molecule has 0 radical (unpaired) electrons. The van der Waals surface area contributed by atoms with E-state index in [1.54, 1.807) is 12.1 Å². The number of rotatable bonds is 2. The van der Waals surface area contributed by atoms with Crippen LogP contribution >= 0.6 is 15.9 Å². The largest absolute Gasteiger partial charge is 0.455 e. The third kappa shape index (κ3) is 1.99. The maximum absolute atomic E-state index is 13.5. The topological polar surface area (TPSA) is 33.4 Å². The first-order valence-corrected chi connectivity index (χ1v) is 5.85. The van der Waals surface area contributed by atoms with Crippen LogP contribution in [0.15, 0.2) is 27.1 Å². The van der Waals surface area contributed by atoms with Crippen LogP contribution in [-0.4, -0.2) is 5.11 Å². The molecular weight excluding hydrogens is 275 g/mol. The predicted molar refractivity (Wildman–Crippen MR) is 63.7 cm³/mol. The zero-order valence-electron chi connectivity index (χ0n) is 9.00. The van der Waals surface area contributed by atoms with Gasteiger partial charge in [-0.2, -0.15) is 0 Å². The van der Waals surface area contributed by atoms with Crippen LogP contribution < -0.4 is 0 Å². The van der Waals surface area contributed by atoms with Gasteiger partial charge in [0.25, 0.3) is 0 Å². The lowest BCUT2D eigenvalue weighted by Gasteiger charge is -2.10. The van der Waals surface area contributed by atoms with Crippen molar-refractivity contribution >= 4 is 26.9 Å². The summed E-state index contributed by atoms with van der Waals surface area (Å²) in [7, 11) is 0. The minimum atomic E-state index is -0.703.